The van der Waals surface area contributed by atoms with Crippen molar-refractivity contribution in [2.75, 3.05) is 11.1 Å². The number of carbonyl (C=O) groups excluding carboxylic acids is 1. The Kier molecular flexibility index (Phi) is 6.13. The largest absolute Gasteiger partial charge is 0.416 e. The molecule has 0 saturated heterocycles. The lowest BCUT2D eigenvalue weighted by atomic mass is 10.1. The number of hydrogen-bond acceptors (Lipinski definition) is 2. The summed E-state index contributed by atoms with van der Waals surface area (Å²) in [5.74, 6) is -0.934. The predicted molar refractivity (Wildman–Crippen MR) is 87.3 cm³/mol. The topological polar surface area (TPSA) is 29.1 Å². The van der Waals surface area contributed by atoms with Crippen LogP contribution in [0.15, 0.2) is 47.4 Å². The molecule has 0 aliphatic heterocycles. The molecule has 0 fully saturated rings. The SMILES string of the molecule is O=C(CSc1ccc(Cl)cc1)Nc1cc(C(F)(F)F)cc(C(F)(F)F)c1. The van der Waals surface area contributed by atoms with E-state index >= 15 is 0 Å². The van der Waals surface area contributed by atoms with Crippen LogP contribution in [0.2, 0.25) is 5.02 Å². The Labute approximate surface area is 153 Å². The molecular weight excluding hydrogens is 404 g/mol. The van der Waals surface area contributed by atoms with Gasteiger partial charge in [-0.1, -0.05) is 11.6 Å². The third kappa shape index (κ3) is 5.84. The molecule has 0 saturated carbocycles. The quantitative estimate of drug-likeness (QED) is 0.484. The average Bonchev–Trinajstić information content (AvgIpc) is 2.52. The molecule has 0 heterocycles. The van der Waals surface area contributed by atoms with Crippen molar-refractivity contribution in [3.8, 4) is 0 Å². The number of benzene rings is 2. The van der Waals surface area contributed by atoms with Gasteiger partial charge in [0.15, 0.2) is 0 Å². The second-order valence-corrected chi connectivity index (χ2v) is 6.57. The molecule has 2 aromatic rings. The van der Waals surface area contributed by atoms with Crippen LogP contribution in [0.25, 0.3) is 0 Å². The maximum atomic E-state index is 12.8. The highest BCUT2D eigenvalue weighted by molar-refractivity contribution is 8.00. The van der Waals surface area contributed by atoms with Crippen molar-refractivity contribution in [1.82, 2.24) is 0 Å². The van der Waals surface area contributed by atoms with Gasteiger partial charge in [0.2, 0.25) is 5.91 Å². The molecule has 1 amide bonds. The van der Waals surface area contributed by atoms with Crippen LogP contribution in [-0.2, 0) is 17.1 Å². The molecular formula is C16H10ClF6NOS. The number of nitrogens with one attached hydrogen (secondary N) is 1. The van der Waals surface area contributed by atoms with Crippen LogP contribution in [0.1, 0.15) is 11.1 Å². The van der Waals surface area contributed by atoms with E-state index in [1.165, 1.54) is 0 Å². The fraction of sp³-hybridized carbons (Fsp3) is 0.188. The fourth-order valence-corrected chi connectivity index (χ4v) is 2.73. The molecule has 0 aliphatic carbocycles. The van der Waals surface area contributed by atoms with Crippen LogP contribution in [0.4, 0.5) is 32.0 Å². The zero-order chi connectivity index (χ0) is 19.5. The molecule has 0 aliphatic rings. The van der Waals surface area contributed by atoms with Gasteiger partial charge in [0.05, 0.1) is 16.9 Å². The first-order valence-corrected chi connectivity index (χ1v) is 8.29. The molecule has 1 N–H and O–H groups in total. The van der Waals surface area contributed by atoms with E-state index in [4.69, 9.17) is 11.6 Å². The van der Waals surface area contributed by atoms with Crippen molar-refractivity contribution in [3.63, 3.8) is 0 Å². The number of rotatable bonds is 4. The summed E-state index contributed by atoms with van der Waals surface area (Å²) < 4.78 is 76.7. The summed E-state index contributed by atoms with van der Waals surface area (Å²) in [6, 6.07) is 7.35. The molecule has 0 bridgehead atoms. The Morgan fingerprint density at radius 3 is 1.88 bits per heavy atom. The third-order valence-corrected chi connectivity index (χ3v) is 4.32. The monoisotopic (exact) mass is 413 g/mol. The maximum Gasteiger partial charge on any atom is 0.416 e. The van der Waals surface area contributed by atoms with Gasteiger partial charge in [0.1, 0.15) is 0 Å². The maximum absolute atomic E-state index is 12.8. The number of halogens is 7. The van der Waals surface area contributed by atoms with Gasteiger partial charge in [-0.15, -0.1) is 11.8 Å². The van der Waals surface area contributed by atoms with Crippen LogP contribution in [-0.4, -0.2) is 11.7 Å². The van der Waals surface area contributed by atoms with Gasteiger partial charge in [-0.05, 0) is 42.5 Å². The van der Waals surface area contributed by atoms with E-state index in [1.54, 1.807) is 24.3 Å². The highest BCUT2D eigenvalue weighted by Crippen LogP contribution is 2.37. The van der Waals surface area contributed by atoms with Crippen molar-refractivity contribution in [1.29, 1.82) is 0 Å². The van der Waals surface area contributed by atoms with Gasteiger partial charge < -0.3 is 5.32 Å². The average molecular weight is 414 g/mol. The van der Waals surface area contributed by atoms with E-state index in [-0.39, 0.29) is 11.8 Å². The molecule has 2 rings (SSSR count). The highest BCUT2D eigenvalue weighted by Gasteiger charge is 2.37. The lowest BCUT2D eigenvalue weighted by Crippen LogP contribution is -2.17. The number of anilines is 1. The van der Waals surface area contributed by atoms with Gasteiger partial charge in [-0.2, -0.15) is 26.3 Å². The van der Waals surface area contributed by atoms with Crippen molar-refractivity contribution in [3.05, 3.63) is 58.6 Å². The van der Waals surface area contributed by atoms with Gasteiger partial charge in [0.25, 0.3) is 0 Å². The third-order valence-electron chi connectivity index (χ3n) is 3.05. The Balaban J connectivity index is 2.14. The lowest BCUT2D eigenvalue weighted by molar-refractivity contribution is -0.143. The van der Waals surface area contributed by atoms with Crippen molar-refractivity contribution in [2.24, 2.45) is 0 Å². The van der Waals surface area contributed by atoms with Gasteiger partial charge in [-0.3, -0.25) is 4.79 Å². The predicted octanol–water partition coefficient (Wildman–Crippen LogP) is 6.11. The first-order valence-electron chi connectivity index (χ1n) is 6.93. The van der Waals surface area contributed by atoms with E-state index in [1.807, 2.05) is 0 Å². The smallest absolute Gasteiger partial charge is 0.325 e. The molecule has 0 aromatic heterocycles. The second kappa shape index (κ2) is 7.79. The summed E-state index contributed by atoms with van der Waals surface area (Å²) in [7, 11) is 0. The molecule has 2 aromatic carbocycles. The van der Waals surface area contributed by atoms with Gasteiger partial charge in [0, 0.05) is 15.6 Å². The zero-order valence-corrected chi connectivity index (χ0v) is 14.3. The van der Waals surface area contributed by atoms with E-state index < -0.39 is 35.1 Å². The Morgan fingerprint density at radius 2 is 1.42 bits per heavy atom. The summed E-state index contributed by atoms with van der Waals surface area (Å²) in [4.78, 5) is 12.5. The first kappa shape index (κ1) is 20.4. The normalized spacial score (nSPS) is 12.1. The summed E-state index contributed by atoms with van der Waals surface area (Å²) in [6.45, 7) is 0. The molecule has 0 spiro atoms. The summed E-state index contributed by atoms with van der Waals surface area (Å²) >= 11 is 6.77. The van der Waals surface area contributed by atoms with Crippen LogP contribution < -0.4 is 5.32 Å². The number of alkyl halides is 6. The van der Waals surface area contributed by atoms with E-state index in [9.17, 15) is 31.1 Å². The van der Waals surface area contributed by atoms with Crippen LogP contribution in [0.3, 0.4) is 0 Å². The van der Waals surface area contributed by atoms with Crippen molar-refractivity contribution in [2.45, 2.75) is 17.2 Å². The van der Waals surface area contributed by atoms with E-state index in [2.05, 4.69) is 5.32 Å². The minimum atomic E-state index is -4.97. The summed E-state index contributed by atoms with van der Waals surface area (Å²) in [5.41, 5.74) is -3.56. The summed E-state index contributed by atoms with van der Waals surface area (Å²) in [6.07, 6.45) is -9.95. The molecule has 2 nitrogen and oxygen atoms in total. The van der Waals surface area contributed by atoms with Crippen LogP contribution >= 0.6 is 23.4 Å². The second-order valence-electron chi connectivity index (χ2n) is 5.09. The number of carbonyl (C=O) groups is 1. The van der Waals surface area contributed by atoms with E-state index in [0.717, 1.165) is 11.8 Å². The minimum Gasteiger partial charge on any atom is -0.325 e. The molecule has 0 unspecified atom stereocenters. The van der Waals surface area contributed by atoms with Crippen LogP contribution in [0, 0.1) is 0 Å². The highest BCUT2D eigenvalue weighted by atomic mass is 35.5. The molecule has 0 atom stereocenters. The van der Waals surface area contributed by atoms with Crippen molar-refractivity contribution < 1.29 is 31.1 Å². The first-order chi connectivity index (χ1) is 11.9. The number of hydrogen-bond donors (Lipinski definition) is 1. The van der Waals surface area contributed by atoms with Crippen molar-refractivity contribution >= 4 is 35.0 Å². The Morgan fingerprint density at radius 1 is 0.923 bits per heavy atom. The number of amides is 1. The van der Waals surface area contributed by atoms with Crippen LogP contribution in [0.5, 0.6) is 0 Å². The molecule has 140 valence electrons. The minimum absolute atomic E-state index is 0.00187. The summed E-state index contributed by atoms with van der Waals surface area (Å²) in [5, 5.41) is 2.55. The Bertz CT molecular complexity index is 757. The number of thioether (sulfide) groups is 1. The standard InChI is InChI=1S/C16H10ClF6NOS/c17-11-1-3-13(4-2-11)26-8-14(25)24-12-6-9(15(18,19)20)5-10(7-12)16(21,22)23/h1-7H,8H2,(H,24,25). The molecule has 10 heteroatoms. The Hall–Kier alpha value is -1.87. The fourth-order valence-electron chi connectivity index (χ4n) is 1.90. The zero-order valence-electron chi connectivity index (χ0n) is 12.7. The lowest BCUT2D eigenvalue weighted by Gasteiger charge is -2.14. The van der Waals surface area contributed by atoms with Gasteiger partial charge in [-0.25, -0.2) is 0 Å². The molecule has 26 heavy (non-hydrogen) atoms. The molecule has 0 radical (unpaired) electrons. The van der Waals surface area contributed by atoms with E-state index in [0.29, 0.717) is 22.1 Å². The van der Waals surface area contributed by atoms with Gasteiger partial charge >= 0.3 is 12.4 Å².